The Labute approximate surface area is 111 Å². The summed E-state index contributed by atoms with van der Waals surface area (Å²) in [5.41, 5.74) is 0.0466. The summed E-state index contributed by atoms with van der Waals surface area (Å²) in [6.45, 7) is 5.77. The number of benzene rings is 1. The molecule has 0 aliphatic carbocycles. The van der Waals surface area contributed by atoms with Crippen LogP contribution < -0.4 is 5.32 Å². The van der Waals surface area contributed by atoms with E-state index in [1.54, 1.807) is 6.07 Å². The van der Waals surface area contributed by atoms with Gasteiger partial charge in [0.15, 0.2) is 0 Å². The fourth-order valence-corrected chi connectivity index (χ4v) is 1.94. The summed E-state index contributed by atoms with van der Waals surface area (Å²) >= 11 is 6.09. The Hall–Kier alpha value is -1.61. The number of nitrogens with one attached hydrogen (secondary N) is 1. The zero-order valence-electron chi connectivity index (χ0n) is 10.6. The maximum absolute atomic E-state index is 12.0. The van der Waals surface area contributed by atoms with Crippen LogP contribution in [0.4, 0.5) is 0 Å². The van der Waals surface area contributed by atoms with E-state index in [1.165, 1.54) is 0 Å². The van der Waals surface area contributed by atoms with Gasteiger partial charge >= 0.3 is 0 Å². The molecule has 1 aromatic heterocycles. The molecule has 1 heterocycles. The van der Waals surface area contributed by atoms with Crippen molar-refractivity contribution >= 4 is 28.3 Å². The Morgan fingerprint density at radius 1 is 1.28 bits per heavy atom. The molecule has 2 aromatic rings. The third-order valence-electron chi connectivity index (χ3n) is 2.42. The first-order chi connectivity index (χ1) is 8.37. The molecule has 0 fully saturated rings. The zero-order chi connectivity index (χ0) is 13.3. The second-order valence-electron chi connectivity index (χ2n) is 5.22. The van der Waals surface area contributed by atoms with Gasteiger partial charge in [-0.1, -0.05) is 35.9 Å². The van der Waals surface area contributed by atoms with Crippen molar-refractivity contribution in [2.24, 2.45) is 0 Å². The van der Waals surface area contributed by atoms with E-state index in [0.29, 0.717) is 10.8 Å². The van der Waals surface area contributed by atoms with E-state index in [1.807, 2.05) is 45.0 Å². The minimum Gasteiger partial charge on any atom is -0.346 e. The van der Waals surface area contributed by atoms with Gasteiger partial charge in [-0.05, 0) is 32.2 Å². The average molecular weight is 263 g/mol. The van der Waals surface area contributed by atoms with E-state index >= 15 is 0 Å². The molecule has 0 saturated heterocycles. The van der Waals surface area contributed by atoms with Gasteiger partial charge in [0.25, 0.3) is 5.91 Å². The number of amides is 1. The van der Waals surface area contributed by atoms with E-state index in [0.717, 1.165) is 10.8 Å². The SMILES string of the molecule is CC(C)(C)NC(=O)c1cc2ccccc2c(Cl)n1. The van der Waals surface area contributed by atoms with Gasteiger partial charge in [-0.25, -0.2) is 4.98 Å². The molecule has 0 aliphatic heterocycles. The van der Waals surface area contributed by atoms with Gasteiger partial charge in [-0.2, -0.15) is 0 Å². The van der Waals surface area contributed by atoms with E-state index in [9.17, 15) is 4.79 Å². The number of hydrogen-bond acceptors (Lipinski definition) is 2. The Morgan fingerprint density at radius 2 is 1.94 bits per heavy atom. The lowest BCUT2D eigenvalue weighted by molar-refractivity contribution is 0.0914. The standard InChI is InChI=1S/C14H15ClN2O/c1-14(2,3)17-13(18)11-8-9-6-4-5-7-10(9)12(15)16-11/h4-8H,1-3H3,(H,17,18). The smallest absolute Gasteiger partial charge is 0.270 e. The van der Waals surface area contributed by atoms with Crippen molar-refractivity contribution in [1.29, 1.82) is 0 Å². The first-order valence-electron chi connectivity index (χ1n) is 5.75. The lowest BCUT2D eigenvalue weighted by atomic mass is 10.1. The number of rotatable bonds is 1. The van der Waals surface area contributed by atoms with Gasteiger partial charge in [0.05, 0.1) is 0 Å². The summed E-state index contributed by atoms with van der Waals surface area (Å²) in [5.74, 6) is -0.213. The Morgan fingerprint density at radius 3 is 2.61 bits per heavy atom. The van der Waals surface area contributed by atoms with E-state index in [2.05, 4.69) is 10.3 Å². The van der Waals surface area contributed by atoms with Crippen LogP contribution in [0.3, 0.4) is 0 Å². The third-order valence-corrected chi connectivity index (χ3v) is 2.70. The zero-order valence-corrected chi connectivity index (χ0v) is 11.4. The van der Waals surface area contributed by atoms with Crippen LogP contribution >= 0.6 is 11.6 Å². The molecule has 3 nitrogen and oxygen atoms in total. The molecule has 0 aliphatic rings. The molecule has 1 aromatic carbocycles. The summed E-state index contributed by atoms with van der Waals surface area (Å²) in [6.07, 6.45) is 0. The lowest BCUT2D eigenvalue weighted by Gasteiger charge is -2.20. The molecule has 0 unspecified atom stereocenters. The van der Waals surface area contributed by atoms with Gasteiger partial charge in [0, 0.05) is 10.9 Å². The van der Waals surface area contributed by atoms with Crippen LogP contribution in [0.25, 0.3) is 10.8 Å². The van der Waals surface area contributed by atoms with E-state index in [-0.39, 0.29) is 11.4 Å². The fraction of sp³-hybridized carbons (Fsp3) is 0.286. The molecule has 1 N–H and O–H groups in total. The number of pyridine rings is 1. The summed E-state index contributed by atoms with van der Waals surface area (Å²) < 4.78 is 0. The van der Waals surface area contributed by atoms with Gasteiger partial charge in [-0.15, -0.1) is 0 Å². The predicted molar refractivity (Wildman–Crippen MR) is 74.0 cm³/mol. The van der Waals surface area contributed by atoms with Gasteiger partial charge in [0.1, 0.15) is 10.8 Å². The molecule has 1 amide bonds. The average Bonchev–Trinajstić information content (AvgIpc) is 2.26. The van der Waals surface area contributed by atoms with Crippen LogP contribution in [0, 0.1) is 0 Å². The van der Waals surface area contributed by atoms with E-state index in [4.69, 9.17) is 11.6 Å². The van der Waals surface area contributed by atoms with Gasteiger partial charge < -0.3 is 5.32 Å². The number of aromatic nitrogens is 1. The normalized spacial score (nSPS) is 11.6. The first kappa shape index (κ1) is 12.8. The molecule has 0 spiro atoms. The highest BCUT2D eigenvalue weighted by atomic mass is 35.5. The van der Waals surface area contributed by atoms with Crippen LogP contribution in [0.1, 0.15) is 31.3 Å². The molecular weight excluding hydrogens is 248 g/mol. The third kappa shape index (κ3) is 2.79. The first-order valence-corrected chi connectivity index (χ1v) is 6.12. The van der Waals surface area contributed by atoms with Crippen molar-refractivity contribution in [3.05, 3.63) is 41.2 Å². The minimum atomic E-state index is -0.295. The van der Waals surface area contributed by atoms with Crippen LogP contribution in [-0.4, -0.2) is 16.4 Å². The number of nitrogens with zero attached hydrogens (tertiary/aromatic N) is 1. The van der Waals surface area contributed by atoms with Gasteiger partial charge in [-0.3, -0.25) is 4.79 Å². The highest BCUT2D eigenvalue weighted by Crippen LogP contribution is 2.22. The van der Waals surface area contributed by atoms with Crippen molar-refractivity contribution in [2.75, 3.05) is 0 Å². The molecule has 2 rings (SSSR count). The molecule has 0 saturated carbocycles. The van der Waals surface area contributed by atoms with Gasteiger partial charge in [0.2, 0.25) is 0 Å². The topological polar surface area (TPSA) is 42.0 Å². The monoisotopic (exact) mass is 262 g/mol. The second-order valence-corrected chi connectivity index (χ2v) is 5.58. The summed E-state index contributed by atoms with van der Waals surface area (Å²) in [5, 5.41) is 4.99. The number of carbonyl (C=O) groups is 1. The molecule has 0 atom stereocenters. The van der Waals surface area contributed by atoms with Crippen LogP contribution in [-0.2, 0) is 0 Å². The molecule has 4 heteroatoms. The maximum Gasteiger partial charge on any atom is 0.270 e. The molecule has 94 valence electrons. The van der Waals surface area contributed by atoms with Crippen molar-refractivity contribution in [3.63, 3.8) is 0 Å². The van der Waals surface area contributed by atoms with Crippen LogP contribution in [0.15, 0.2) is 30.3 Å². The number of halogens is 1. The number of fused-ring (bicyclic) bond motifs is 1. The van der Waals surface area contributed by atoms with Crippen LogP contribution in [0.5, 0.6) is 0 Å². The fourth-order valence-electron chi connectivity index (χ4n) is 1.68. The highest BCUT2D eigenvalue weighted by molar-refractivity contribution is 6.34. The summed E-state index contributed by atoms with van der Waals surface area (Å²) in [4.78, 5) is 16.2. The van der Waals surface area contributed by atoms with E-state index < -0.39 is 0 Å². The van der Waals surface area contributed by atoms with Crippen molar-refractivity contribution in [2.45, 2.75) is 26.3 Å². The van der Waals surface area contributed by atoms with Crippen molar-refractivity contribution in [1.82, 2.24) is 10.3 Å². The van der Waals surface area contributed by atoms with Crippen molar-refractivity contribution < 1.29 is 4.79 Å². The van der Waals surface area contributed by atoms with Crippen molar-refractivity contribution in [3.8, 4) is 0 Å². The predicted octanol–water partition coefficient (Wildman–Crippen LogP) is 3.42. The van der Waals surface area contributed by atoms with Crippen LogP contribution in [0.2, 0.25) is 5.15 Å². The Kier molecular flexibility index (Phi) is 3.26. The highest BCUT2D eigenvalue weighted by Gasteiger charge is 2.17. The second kappa shape index (κ2) is 4.58. The molecular formula is C14H15ClN2O. The molecule has 18 heavy (non-hydrogen) atoms. The largest absolute Gasteiger partial charge is 0.346 e. The lowest BCUT2D eigenvalue weighted by Crippen LogP contribution is -2.40. The summed E-state index contributed by atoms with van der Waals surface area (Å²) in [6, 6.07) is 9.35. The Bertz CT molecular complexity index is 602. The number of hydrogen-bond donors (Lipinski definition) is 1. The quantitative estimate of drug-likeness (QED) is 0.800. The Balaban J connectivity index is 2.44. The molecule has 0 bridgehead atoms. The maximum atomic E-state index is 12.0. The summed E-state index contributed by atoms with van der Waals surface area (Å²) in [7, 11) is 0. The minimum absolute atomic E-state index is 0.213. The number of carbonyl (C=O) groups excluding carboxylic acids is 1. The molecule has 0 radical (unpaired) electrons.